The minimum absolute atomic E-state index is 0. The van der Waals surface area contributed by atoms with Crippen molar-refractivity contribution in [1.29, 1.82) is 0 Å². The average Bonchev–Trinajstić information content (AvgIpc) is 2.01. The molecule has 14 heavy (non-hydrogen) atoms. The number of rotatable bonds is 7. The molecule has 0 heterocycles. The van der Waals surface area contributed by atoms with E-state index in [9.17, 15) is 8.42 Å². The molecule has 82 valence electrons. The van der Waals surface area contributed by atoms with Gasteiger partial charge in [-0.1, -0.05) is 0 Å². The van der Waals surface area contributed by atoms with Crippen LogP contribution in [0.4, 0.5) is 0 Å². The first-order valence-electron chi connectivity index (χ1n) is 3.77. The first-order chi connectivity index (χ1) is 5.95. The molecule has 0 saturated heterocycles. The average molecular weight is 238 g/mol. The molecule has 1 unspecified atom stereocenters. The SMILES string of the molecule is O=S(=O)(O)CCCOCC(O)CO.[NaH]. The van der Waals surface area contributed by atoms with E-state index in [1.807, 2.05) is 0 Å². The molecule has 0 aliphatic rings. The predicted molar refractivity (Wildman–Crippen MR) is 52.1 cm³/mol. The zero-order chi connectivity index (χ0) is 10.3. The maximum atomic E-state index is 10.2. The van der Waals surface area contributed by atoms with Gasteiger partial charge in [0, 0.05) is 6.61 Å². The standard InChI is InChI=1S/C6H14O6S.Na.H/c7-4-6(8)5-12-2-1-3-13(9,10)11;;/h6-8H,1-5H2,(H,9,10,11);;. The molecule has 0 amide bonds. The maximum absolute atomic E-state index is 10.2. The summed E-state index contributed by atoms with van der Waals surface area (Å²) >= 11 is 0. The zero-order valence-electron chi connectivity index (χ0n) is 7.09. The Balaban J connectivity index is 0. The van der Waals surface area contributed by atoms with Crippen LogP contribution in [-0.2, 0) is 14.9 Å². The quantitative estimate of drug-likeness (QED) is 0.269. The normalized spacial score (nSPS) is 13.4. The molecule has 0 saturated carbocycles. The zero-order valence-corrected chi connectivity index (χ0v) is 7.90. The van der Waals surface area contributed by atoms with E-state index in [-0.39, 0.29) is 54.9 Å². The fraction of sp³-hybridized carbons (Fsp3) is 1.00. The van der Waals surface area contributed by atoms with Crippen LogP contribution in [-0.4, -0.2) is 84.4 Å². The summed E-state index contributed by atoms with van der Waals surface area (Å²) in [4.78, 5) is 0. The van der Waals surface area contributed by atoms with E-state index in [1.165, 1.54) is 0 Å². The van der Waals surface area contributed by atoms with Crippen molar-refractivity contribution in [1.82, 2.24) is 0 Å². The van der Waals surface area contributed by atoms with Crippen molar-refractivity contribution in [3.63, 3.8) is 0 Å². The van der Waals surface area contributed by atoms with E-state index in [0.29, 0.717) is 0 Å². The van der Waals surface area contributed by atoms with Crippen molar-refractivity contribution >= 4 is 39.7 Å². The predicted octanol–water partition coefficient (Wildman–Crippen LogP) is -2.01. The van der Waals surface area contributed by atoms with Gasteiger partial charge in [-0.05, 0) is 6.42 Å². The Labute approximate surface area is 105 Å². The Morgan fingerprint density at radius 3 is 2.36 bits per heavy atom. The van der Waals surface area contributed by atoms with E-state index in [4.69, 9.17) is 19.5 Å². The molecular weight excluding hydrogens is 223 g/mol. The van der Waals surface area contributed by atoms with Gasteiger partial charge in [0.1, 0.15) is 6.10 Å². The van der Waals surface area contributed by atoms with Crippen molar-refractivity contribution in [3.05, 3.63) is 0 Å². The van der Waals surface area contributed by atoms with Crippen molar-refractivity contribution in [2.75, 3.05) is 25.6 Å². The Morgan fingerprint density at radius 2 is 1.93 bits per heavy atom. The van der Waals surface area contributed by atoms with Gasteiger partial charge >= 0.3 is 29.6 Å². The van der Waals surface area contributed by atoms with Crippen LogP contribution in [0.15, 0.2) is 0 Å². The number of hydrogen-bond donors (Lipinski definition) is 3. The minimum atomic E-state index is -3.92. The number of hydrogen-bond acceptors (Lipinski definition) is 5. The summed E-state index contributed by atoms with van der Waals surface area (Å²) in [5, 5.41) is 17.1. The summed E-state index contributed by atoms with van der Waals surface area (Å²) in [7, 11) is -3.92. The van der Waals surface area contributed by atoms with Crippen LogP contribution in [0, 0.1) is 0 Å². The molecule has 0 aromatic carbocycles. The molecule has 0 aliphatic carbocycles. The van der Waals surface area contributed by atoms with Gasteiger partial charge in [-0.15, -0.1) is 0 Å². The molecule has 3 N–H and O–H groups in total. The van der Waals surface area contributed by atoms with Gasteiger partial charge in [-0.25, -0.2) is 0 Å². The van der Waals surface area contributed by atoms with Crippen LogP contribution in [0.2, 0.25) is 0 Å². The Bertz CT molecular complexity index is 216. The van der Waals surface area contributed by atoms with Gasteiger partial charge < -0.3 is 14.9 Å². The van der Waals surface area contributed by atoms with Gasteiger partial charge in [0.2, 0.25) is 0 Å². The van der Waals surface area contributed by atoms with Crippen LogP contribution in [0.3, 0.4) is 0 Å². The Morgan fingerprint density at radius 1 is 1.36 bits per heavy atom. The Hall–Kier alpha value is 0.790. The molecule has 6 nitrogen and oxygen atoms in total. The molecule has 8 heteroatoms. The van der Waals surface area contributed by atoms with Gasteiger partial charge in [0.15, 0.2) is 0 Å². The first-order valence-corrected chi connectivity index (χ1v) is 5.38. The summed E-state index contributed by atoms with van der Waals surface area (Å²) in [5.41, 5.74) is 0. The van der Waals surface area contributed by atoms with Crippen LogP contribution < -0.4 is 0 Å². The van der Waals surface area contributed by atoms with Crippen molar-refractivity contribution in [3.8, 4) is 0 Å². The van der Waals surface area contributed by atoms with Crippen LogP contribution in [0.5, 0.6) is 0 Å². The molecule has 0 aromatic rings. The van der Waals surface area contributed by atoms with E-state index in [1.54, 1.807) is 0 Å². The van der Waals surface area contributed by atoms with Crippen LogP contribution in [0.25, 0.3) is 0 Å². The summed E-state index contributed by atoms with van der Waals surface area (Å²) in [6.45, 7) is -0.308. The fourth-order valence-corrected chi connectivity index (χ4v) is 1.10. The third kappa shape index (κ3) is 12.8. The molecule has 0 aliphatic heterocycles. The molecule has 0 rings (SSSR count). The number of aliphatic hydroxyl groups excluding tert-OH is 2. The summed E-state index contributed by atoms with van der Waals surface area (Å²) in [6, 6.07) is 0. The number of ether oxygens (including phenoxy) is 1. The summed E-state index contributed by atoms with van der Waals surface area (Å²) < 4.78 is 33.5. The third-order valence-electron chi connectivity index (χ3n) is 1.21. The van der Waals surface area contributed by atoms with E-state index in [0.717, 1.165) is 0 Å². The van der Waals surface area contributed by atoms with Crippen molar-refractivity contribution in [2.24, 2.45) is 0 Å². The van der Waals surface area contributed by atoms with Gasteiger partial charge in [0.25, 0.3) is 10.1 Å². The topological polar surface area (TPSA) is 104 Å². The van der Waals surface area contributed by atoms with Crippen LogP contribution >= 0.6 is 0 Å². The first kappa shape index (κ1) is 17.2. The third-order valence-corrected chi connectivity index (χ3v) is 2.02. The van der Waals surface area contributed by atoms with E-state index >= 15 is 0 Å². The fourth-order valence-electron chi connectivity index (χ4n) is 0.615. The number of aliphatic hydroxyl groups is 2. The Kier molecular flexibility index (Phi) is 11.1. The van der Waals surface area contributed by atoms with E-state index in [2.05, 4.69) is 0 Å². The molecule has 0 spiro atoms. The monoisotopic (exact) mass is 238 g/mol. The van der Waals surface area contributed by atoms with Gasteiger partial charge in [-0.3, -0.25) is 4.55 Å². The van der Waals surface area contributed by atoms with E-state index < -0.39 is 22.8 Å². The van der Waals surface area contributed by atoms with Crippen molar-refractivity contribution in [2.45, 2.75) is 12.5 Å². The molecule has 0 aromatic heterocycles. The second-order valence-electron chi connectivity index (χ2n) is 2.55. The second kappa shape index (κ2) is 9.05. The molecular formula is C6H15NaO6S. The summed E-state index contributed by atoms with van der Waals surface area (Å²) in [6.07, 6.45) is -0.775. The van der Waals surface area contributed by atoms with Crippen LogP contribution in [0.1, 0.15) is 6.42 Å². The van der Waals surface area contributed by atoms with Gasteiger partial charge in [0.05, 0.1) is 19.0 Å². The second-order valence-corrected chi connectivity index (χ2v) is 4.12. The molecule has 0 bridgehead atoms. The van der Waals surface area contributed by atoms with Gasteiger partial charge in [-0.2, -0.15) is 8.42 Å². The van der Waals surface area contributed by atoms with Crippen molar-refractivity contribution < 1.29 is 27.9 Å². The molecule has 0 fully saturated rings. The summed E-state index contributed by atoms with van der Waals surface area (Å²) in [5.74, 6) is -0.359. The molecule has 0 radical (unpaired) electrons. The molecule has 1 atom stereocenters.